The van der Waals surface area contributed by atoms with Crippen molar-refractivity contribution in [2.75, 3.05) is 20.1 Å². The highest BCUT2D eigenvalue weighted by Gasteiger charge is 2.27. The van der Waals surface area contributed by atoms with Gasteiger partial charge < -0.3 is 4.90 Å². The molecule has 170 valence electrons. The van der Waals surface area contributed by atoms with Crippen LogP contribution in [0.3, 0.4) is 0 Å². The third-order valence-corrected chi connectivity index (χ3v) is 7.11. The number of benzene rings is 2. The molecule has 33 heavy (non-hydrogen) atoms. The molecule has 1 aliphatic heterocycles. The first-order valence-electron chi connectivity index (χ1n) is 11.9. The van der Waals surface area contributed by atoms with Crippen molar-refractivity contribution in [3.05, 3.63) is 89.0 Å². The molecule has 0 radical (unpaired) electrons. The number of carbonyl (C=O) groups excluding carboxylic acids is 1. The van der Waals surface area contributed by atoms with E-state index in [-0.39, 0.29) is 17.8 Å². The number of carbonyl (C=O) groups is 1. The molecule has 1 unspecified atom stereocenters. The average Bonchev–Trinajstić information content (AvgIpc) is 3.36. The van der Waals surface area contributed by atoms with Crippen LogP contribution in [-0.2, 0) is 19.4 Å². The van der Waals surface area contributed by atoms with E-state index >= 15 is 0 Å². The number of hydrogen-bond acceptors (Lipinski definition) is 3. The van der Waals surface area contributed by atoms with Gasteiger partial charge in [-0.05, 0) is 74.0 Å². The van der Waals surface area contributed by atoms with E-state index in [1.165, 1.54) is 48.7 Å². The Kier molecular flexibility index (Phi) is 6.23. The Morgan fingerprint density at radius 1 is 1.09 bits per heavy atom. The topological polar surface area (TPSA) is 36.4 Å². The third kappa shape index (κ3) is 4.69. The maximum Gasteiger partial charge on any atom is 0.272 e. The van der Waals surface area contributed by atoms with E-state index in [4.69, 9.17) is 0 Å². The van der Waals surface area contributed by atoms with Gasteiger partial charge in [-0.2, -0.15) is 0 Å². The summed E-state index contributed by atoms with van der Waals surface area (Å²) >= 11 is 0. The second-order valence-electron chi connectivity index (χ2n) is 9.31. The van der Waals surface area contributed by atoms with Gasteiger partial charge in [0.05, 0.1) is 0 Å². The zero-order valence-electron chi connectivity index (χ0n) is 19.1. The number of aryl methyl sites for hydroxylation is 1. The number of pyridine rings is 1. The molecule has 1 fully saturated rings. The van der Waals surface area contributed by atoms with E-state index in [0.29, 0.717) is 16.8 Å². The number of aromatic nitrogens is 1. The molecule has 2 heterocycles. The molecule has 0 bridgehead atoms. The predicted octanol–water partition coefficient (Wildman–Crippen LogP) is 5.11. The fraction of sp³-hybridized carbons (Fsp3) is 0.357. The minimum Gasteiger partial charge on any atom is -0.337 e. The molecule has 0 saturated carbocycles. The van der Waals surface area contributed by atoms with Crippen LogP contribution in [0, 0.1) is 5.82 Å². The summed E-state index contributed by atoms with van der Waals surface area (Å²) in [5.41, 5.74) is 5.73. The lowest BCUT2D eigenvalue weighted by Crippen LogP contribution is -2.41. The second-order valence-corrected chi connectivity index (χ2v) is 9.31. The summed E-state index contributed by atoms with van der Waals surface area (Å²) in [4.78, 5) is 21.8. The summed E-state index contributed by atoms with van der Waals surface area (Å²) in [6, 6.07) is 17.1. The Balaban J connectivity index is 1.25. The number of amides is 1. The number of fused-ring (bicyclic) bond motifs is 1. The van der Waals surface area contributed by atoms with Crippen LogP contribution in [-0.4, -0.2) is 46.9 Å². The normalized spacial score (nSPS) is 18.2. The molecule has 5 heteroatoms. The number of likely N-dealkylation sites (N-methyl/N-ethyl adjacent to an activating group) is 1. The van der Waals surface area contributed by atoms with Crippen LogP contribution < -0.4 is 0 Å². The molecule has 2 aliphatic rings. The molecule has 4 nitrogen and oxygen atoms in total. The number of likely N-dealkylation sites (tertiary alicyclic amines) is 1. The van der Waals surface area contributed by atoms with Gasteiger partial charge in [-0.1, -0.05) is 42.5 Å². The van der Waals surface area contributed by atoms with Crippen molar-refractivity contribution in [2.24, 2.45) is 0 Å². The molecule has 1 aromatic heterocycles. The molecule has 1 aliphatic carbocycles. The summed E-state index contributed by atoms with van der Waals surface area (Å²) in [5, 5.41) is 0. The molecule has 0 N–H and O–H groups in total. The number of nitrogens with zero attached hydrogens (tertiary/aromatic N) is 3. The van der Waals surface area contributed by atoms with Gasteiger partial charge in [-0.25, -0.2) is 4.39 Å². The van der Waals surface area contributed by atoms with Gasteiger partial charge in [0.2, 0.25) is 0 Å². The molecule has 1 atom stereocenters. The lowest BCUT2D eigenvalue weighted by molar-refractivity contribution is 0.0713. The fourth-order valence-electron chi connectivity index (χ4n) is 5.14. The average molecular weight is 444 g/mol. The van der Waals surface area contributed by atoms with Crippen LogP contribution in [0.15, 0.2) is 60.8 Å². The summed E-state index contributed by atoms with van der Waals surface area (Å²) in [6.07, 6.45) is 7.02. The lowest BCUT2D eigenvalue weighted by atomic mass is 9.86. The first-order chi connectivity index (χ1) is 16.1. The van der Waals surface area contributed by atoms with Gasteiger partial charge in [0.15, 0.2) is 0 Å². The van der Waals surface area contributed by atoms with Gasteiger partial charge in [-0.3, -0.25) is 14.7 Å². The SMILES string of the molecule is CN(C(=O)c1ccc(-c2ccccc2F)cn1)C1CCc2cc(CN3CCCC3)ccc2C1. The van der Waals surface area contributed by atoms with Gasteiger partial charge in [0, 0.05) is 37.0 Å². The van der Waals surface area contributed by atoms with Crippen molar-refractivity contribution >= 4 is 5.91 Å². The number of halogens is 1. The minimum atomic E-state index is -0.292. The predicted molar refractivity (Wildman–Crippen MR) is 128 cm³/mol. The molecule has 0 spiro atoms. The molecule has 1 amide bonds. The monoisotopic (exact) mass is 443 g/mol. The minimum absolute atomic E-state index is 0.0887. The molecule has 2 aromatic carbocycles. The molecule has 3 aromatic rings. The summed E-state index contributed by atoms with van der Waals surface area (Å²) in [5.74, 6) is -0.380. The van der Waals surface area contributed by atoms with E-state index in [0.717, 1.165) is 25.8 Å². The van der Waals surface area contributed by atoms with Crippen LogP contribution in [0.5, 0.6) is 0 Å². The highest BCUT2D eigenvalue weighted by Crippen LogP contribution is 2.27. The Bertz CT molecular complexity index is 1140. The van der Waals surface area contributed by atoms with Crippen molar-refractivity contribution in [2.45, 2.75) is 44.7 Å². The van der Waals surface area contributed by atoms with Crippen LogP contribution in [0.4, 0.5) is 4.39 Å². The zero-order chi connectivity index (χ0) is 22.8. The summed E-state index contributed by atoms with van der Waals surface area (Å²) < 4.78 is 14.0. The molecule has 5 rings (SSSR count). The van der Waals surface area contributed by atoms with E-state index < -0.39 is 0 Å². The van der Waals surface area contributed by atoms with Gasteiger partial charge in [-0.15, -0.1) is 0 Å². The smallest absolute Gasteiger partial charge is 0.272 e. The maximum atomic E-state index is 14.0. The molecular formula is C28H30FN3O. The summed E-state index contributed by atoms with van der Waals surface area (Å²) in [6.45, 7) is 3.46. The van der Waals surface area contributed by atoms with E-state index in [1.807, 2.05) is 11.9 Å². The Morgan fingerprint density at radius 3 is 2.67 bits per heavy atom. The third-order valence-electron chi connectivity index (χ3n) is 7.11. The first-order valence-corrected chi connectivity index (χ1v) is 11.9. The van der Waals surface area contributed by atoms with E-state index in [1.54, 1.807) is 36.5 Å². The van der Waals surface area contributed by atoms with Crippen molar-refractivity contribution in [1.82, 2.24) is 14.8 Å². The Labute approximate surface area is 195 Å². The van der Waals surface area contributed by atoms with Gasteiger partial charge in [0.25, 0.3) is 5.91 Å². The highest BCUT2D eigenvalue weighted by atomic mass is 19.1. The second kappa shape index (κ2) is 9.44. The molecular weight excluding hydrogens is 413 g/mol. The quantitative estimate of drug-likeness (QED) is 0.550. The van der Waals surface area contributed by atoms with Gasteiger partial charge >= 0.3 is 0 Å². The van der Waals surface area contributed by atoms with Crippen molar-refractivity contribution in [3.8, 4) is 11.1 Å². The van der Waals surface area contributed by atoms with Crippen LogP contribution in [0.25, 0.3) is 11.1 Å². The van der Waals surface area contributed by atoms with Crippen LogP contribution in [0.1, 0.15) is 46.4 Å². The Morgan fingerprint density at radius 2 is 1.91 bits per heavy atom. The molecule has 1 saturated heterocycles. The number of rotatable bonds is 5. The lowest BCUT2D eigenvalue weighted by Gasteiger charge is -2.32. The van der Waals surface area contributed by atoms with Crippen LogP contribution >= 0.6 is 0 Å². The number of hydrogen-bond donors (Lipinski definition) is 0. The van der Waals surface area contributed by atoms with Crippen molar-refractivity contribution in [3.63, 3.8) is 0 Å². The summed E-state index contributed by atoms with van der Waals surface area (Å²) in [7, 11) is 1.87. The standard InChI is InChI=1S/C28H30FN3O/c1-31(28(33)27-13-11-23(18-30-27)25-6-2-3-7-26(25)29)24-12-10-21-16-20(8-9-22(21)17-24)19-32-14-4-5-15-32/h2-3,6-9,11,13,16,18,24H,4-5,10,12,14-15,17,19H2,1H3. The van der Waals surface area contributed by atoms with Gasteiger partial charge in [0.1, 0.15) is 11.5 Å². The fourth-order valence-corrected chi connectivity index (χ4v) is 5.14. The largest absolute Gasteiger partial charge is 0.337 e. The van der Waals surface area contributed by atoms with Crippen molar-refractivity contribution < 1.29 is 9.18 Å². The van der Waals surface area contributed by atoms with E-state index in [9.17, 15) is 9.18 Å². The van der Waals surface area contributed by atoms with Crippen molar-refractivity contribution in [1.29, 1.82) is 0 Å². The Hall–Kier alpha value is -3.05. The highest BCUT2D eigenvalue weighted by molar-refractivity contribution is 5.92. The zero-order valence-corrected chi connectivity index (χ0v) is 19.1. The maximum absolute atomic E-state index is 14.0. The van der Waals surface area contributed by atoms with Crippen LogP contribution in [0.2, 0.25) is 0 Å². The van der Waals surface area contributed by atoms with E-state index in [2.05, 4.69) is 28.1 Å². The first kappa shape index (κ1) is 21.8.